The second kappa shape index (κ2) is 8.77. The van der Waals surface area contributed by atoms with Crippen LogP contribution < -0.4 is 15.0 Å². The van der Waals surface area contributed by atoms with Crippen LogP contribution in [-0.2, 0) is 0 Å². The fraction of sp³-hybridized carbons (Fsp3) is 0.318. The molecule has 1 saturated heterocycles. The third-order valence-electron chi connectivity index (χ3n) is 5.07. The highest BCUT2D eigenvalue weighted by Gasteiger charge is 2.24. The lowest BCUT2D eigenvalue weighted by atomic mass is 10.0. The molecule has 3 heterocycles. The number of rotatable bonds is 6. The molecule has 2 aromatic heterocycles. The van der Waals surface area contributed by atoms with Crippen molar-refractivity contribution in [1.82, 2.24) is 20.5 Å². The molecule has 4 rings (SSSR count). The smallest absolute Gasteiger partial charge is 0.255 e. The van der Waals surface area contributed by atoms with Crippen molar-refractivity contribution in [3.63, 3.8) is 0 Å². The van der Waals surface area contributed by atoms with E-state index in [2.05, 4.69) is 25.4 Å². The topological polar surface area (TPSA) is 83.1 Å². The van der Waals surface area contributed by atoms with Gasteiger partial charge in [-0.15, -0.1) is 0 Å². The maximum atomic E-state index is 12.8. The standard InChI is InChI=1S/C22H25N5O2/c1-2-29-20-8-4-3-7-18(20)22(28)24-17-6-5-13-27(15-17)21-14-19(25-26-21)16-9-11-23-12-10-16/h3-4,7-12,14,17H,2,5-6,13,15H2,1H3,(H,24,28)(H,25,26)/t17-/m0/s1. The largest absolute Gasteiger partial charge is 0.493 e. The molecule has 0 radical (unpaired) electrons. The van der Waals surface area contributed by atoms with Gasteiger partial charge < -0.3 is 15.0 Å². The summed E-state index contributed by atoms with van der Waals surface area (Å²) in [6, 6.07) is 13.4. The Morgan fingerprint density at radius 1 is 1.28 bits per heavy atom. The fourth-order valence-electron chi connectivity index (χ4n) is 3.65. The number of carbonyl (C=O) groups is 1. The average molecular weight is 391 g/mol. The monoisotopic (exact) mass is 391 g/mol. The first-order chi connectivity index (χ1) is 14.2. The van der Waals surface area contributed by atoms with Gasteiger partial charge >= 0.3 is 0 Å². The van der Waals surface area contributed by atoms with Crippen molar-refractivity contribution in [3.8, 4) is 17.0 Å². The Kier molecular flexibility index (Phi) is 5.74. The van der Waals surface area contributed by atoms with Gasteiger partial charge in [-0.2, -0.15) is 5.10 Å². The Bertz CT molecular complexity index is 957. The number of piperidine rings is 1. The number of benzene rings is 1. The van der Waals surface area contributed by atoms with Crippen LogP contribution in [0.4, 0.5) is 5.82 Å². The van der Waals surface area contributed by atoms with Crippen LogP contribution in [0.5, 0.6) is 5.75 Å². The molecule has 29 heavy (non-hydrogen) atoms. The normalized spacial score (nSPS) is 16.4. The number of nitrogens with zero attached hydrogens (tertiary/aromatic N) is 3. The maximum absolute atomic E-state index is 12.8. The molecule has 0 saturated carbocycles. The van der Waals surface area contributed by atoms with Crippen molar-refractivity contribution in [2.24, 2.45) is 0 Å². The van der Waals surface area contributed by atoms with Crippen LogP contribution in [0.3, 0.4) is 0 Å². The number of hydrogen-bond donors (Lipinski definition) is 2. The minimum absolute atomic E-state index is 0.0620. The first-order valence-corrected chi connectivity index (χ1v) is 9.98. The zero-order valence-corrected chi connectivity index (χ0v) is 16.5. The lowest BCUT2D eigenvalue weighted by molar-refractivity contribution is 0.0929. The molecular weight excluding hydrogens is 366 g/mol. The molecule has 1 atom stereocenters. The van der Waals surface area contributed by atoms with E-state index in [1.165, 1.54) is 0 Å². The van der Waals surface area contributed by atoms with Crippen LogP contribution in [0.25, 0.3) is 11.3 Å². The zero-order chi connectivity index (χ0) is 20.1. The SMILES string of the molecule is CCOc1ccccc1C(=O)N[C@H]1CCCN(c2cc(-c3ccncc3)[nH]n2)C1. The minimum atomic E-state index is -0.0968. The molecule has 1 fully saturated rings. The Balaban J connectivity index is 1.43. The summed E-state index contributed by atoms with van der Waals surface area (Å²) in [5, 5.41) is 10.7. The summed E-state index contributed by atoms with van der Waals surface area (Å²) in [6.45, 7) is 4.09. The van der Waals surface area contributed by atoms with Crippen molar-refractivity contribution in [2.45, 2.75) is 25.8 Å². The lowest BCUT2D eigenvalue weighted by Crippen LogP contribution is -2.48. The number of carbonyl (C=O) groups excluding carboxylic acids is 1. The van der Waals surface area contributed by atoms with E-state index in [-0.39, 0.29) is 11.9 Å². The van der Waals surface area contributed by atoms with E-state index in [1.54, 1.807) is 18.5 Å². The number of pyridine rings is 1. The molecule has 1 amide bonds. The Morgan fingerprint density at radius 3 is 2.93 bits per heavy atom. The third kappa shape index (κ3) is 4.39. The quantitative estimate of drug-likeness (QED) is 0.674. The molecule has 1 aliphatic heterocycles. The fourth-order valence-corrected chi connectivity index (χ4v) is 3.65. The molecule has 1 aliphatic rings. The number of hydrogen-bond acceptors (Lipinski definition) is 5. The van der Waals surface area contributed by atoms with Crippen molar-refractivity contribution in [2.75, 3.05) is 24.6 Å². The zero-order valence-electron chi connectivity index (χ0n) is 16.5. The van der Waals surface area contributed by atoms with Crippen LogP contribution in [0.1, 0.15) is 30.1 Å². The Labute approximate surface area is 170 Å². The highest BCUT2D eigenvalue weighted by atomic mass is 16.5. The van der Waals surface area contributed by atoms with E-state index in [0.29, 0.717) is 17.9 Å². The number of H-pyrrole nitrogens is 1. The van der Waals surface area contributed by atoms with Gasteiger partial charge in [0.2, 0.25) is 0 Å². The molecule has 7 nitrogen and oxygen atoms in total. The summed E-state index contributed by atoms with van der Waals surface area (Å²) >= 11 is 0. The lowest BCUT2D eigenvalue weighted by Gasteiger charge is -2.33. The van der Waals surface area contributed by atoms with E-state index in [1.807, 2.05) is 43.3 Å². The number of ether oxygens (including phenoxy) is 1. The van der Waals surface area contributed by atoms with Gasteiger partial charge in [0.15, 0.2) is 5.82 Å². The highest BCUT2D eigenvalue weighted by Crippen LogP contribution is 2.24. The number of anilines is 1. The van der Waals surface area contributed by atoms with Gasteiger partial charge in [-0.3, -0.25) is 14.9 Å². The Hall–Kier alpha value is -3.35. The molecule has 0 unspecified atom stereocenters. The predicted molar refractivity (Wildman–Crippen MR) is 112 cm³/mol. The van der Waals surface area contributed by atoms with E-state index in [4.69, 9.17) is 4.74 Å². The van der Waals surface area contributed by atoms with E-state index < -0.39 is 0 Å². The van der Waals surface area contributed by atoms with Gasteiger partial charge in [0, 0.05) is 43.2 Å². The van der Waals surface area contributed by atoms with Crippen molar-refractivity contribution in [3.05, 3.63) is 60.4 Å². The first kappa shape index (κ1) is 19.0. The third-order valence-corrected chi connectivity index (χ3v) is 5.07. The first-order valence-electron chi connectivity index (χ1n) is 9.98. The van der Waals surface area contributed by atoms with Crippen LogP contribution in [-0.4, -0.2) is 46.8 Å². The summed E-state index contributed by atoms with van der Waals surface area (Å²) in [4.78, 5) is 19.1. The van der Waals surface area contributed by atoms with Crippen LogP contribution >= 0.6 is 0 Å². The van der Waals surface area contributed by atoms with Gasteiger partial charge in [-0.1, -0.05) is 12.1 Å². The molecule has 7 heteroatoms. The summed E-state index contributed by atoms with van der Waals surface area (Å²) in [7, 11) is 0. The molecule has 0 bridgehead atoms. The number of para-hydroxylation sites is 1. The summed E-state index contributed by atoms with van der Waals surface area (Å²) in [5.41, 5.74) is 2.58. The van der Waals surface area contributed by atoms with Gasteiger partial charge in [-0.05, 0) is 44.0 Å². The van der Waals surface area contributed by atoms with Crippen LogP contribution in [0, 0.1) is 0 Å². The van der Waals surface area contributed by atoms with Crippen LogP contribution in [0.2, 0.25) is 0 Å². The van der Waals surface area contributed by atoms with Crippen molar-refractivity contribution in [1.29, 1.82) is 0 Å². The van der Waals surface area contributed by atoms with Crippen LogP contribution in [0.15, 0.2) is 54.9 Å². The molecule has 150 valence electrons. The molecule has 1 aromatic carbocycles. The second-order valence-corrected chi connectivity index (χ2v) is 7.06. The van der Waals surface area contributed by atoms with Crippen molar-refractivity contribution >= 4 is 11.7 Å². The summed E-state index contributed by atoms with van der Waals surface area (Å²) < 4.78 is 5.59. The van der Waals surface area contributed by atoms with E-state index in [9.17, 15) is 4.79 Å². The maximum Gasteiger partial charge on any atom is 0.255 e. The number of nitrogens with one attached hydrogen (secondary N) is 2. The summed E-state index contributed by atoms with van der Waals surface area (Å²) in [5.74, 6) is 1.42. The van der Waals surface area contributed by atoms with Gasteiger partial charge in [-0.25, -0.2) is 0 Å². The van der Waals surface area contributed by atoms with Gasteiger partial charge in [0.25, 0.3) is 5.91 Å². The molecule has 0 spiro atoms. The summed E-state index contributed by atoms with van der Waals surface area (Å²) in [6.07, 6.45) is 5.47. The van der Waals surface area contributed by atoms with Gasteiger partial charge in [0.05, 0.1) is 17.9 Å². The molecule has 3 aromatic rings. The minimum Gasteiger partial charge on any atom is -0.493 e. The Morgan fingerprint density at radius 2 is 2.10 bits per heavy atom. The number of aromatic nitrogens is 3. The average Bonchev–Trinajstić information content (AvgIpc) is 3.26. The molecule has 2 N–H and O–H groups in total. The van der Waals surface area contributed by atoms with E-state index in [0.717, 1.165) is 43.0 Å². The number of aromatic amines is 1. The number of amides is 1. The highest BCUT2D eigenvalue weighted by molar-refractivity contribution is 5.97. The molecular formula is C22H25N5O2. The van der Waals surface area contributed by atoms with Gasteiger partial charge in [0.1, 0.15) is 5.75 Å². The van der Waals surface area contributed by atoms with Crippen molar-refractivity contribution < 1.29 is 9.53 Å². The van der Waals surface area contributed by atoms with E-state index >= 15 is 0 Å². The second-order valence-electron chi connectivity index (χ2n) is 7.06. The molecule has 0 aliphatic carbocycles. The predicted octanol–water partition coefficient (Wildman–Crippen LogP) is 3.27.